The minimum absolute atomic E-state index is 0.0324. The highest BCUT2D eigenvalue weighted by Crippen LogP contribution is 2.15. The molecule has 21 heavy (non-hydrogen) atoms. The molecule has 2 aliphatic rings. The van der Waals surface area contributed by atoms with E-state index in [1.807, 2.05) is 6.92 Å². The molecule has 0 saturated carbocycles. The standard InChI is InChI=1S/C14H25N3O4/c1-11(12-3-2-10-21-12)15-14(20)17-8-6-16(7-9-17)5-4-13(18)19/h11-12H,2-10H2,1H3,(H,15,20)(H,18,19). The van der Waals surface area contributed by atoms with E-state index in [0.29, 0.717) is 19.6 Å². The summed E-state index contributed by atoms with van der Waals surface area (Å²) in [6.45, 7) is 6.07. The maximum atomic E-state index is 12.2. The van der Waals surface area contributed by atoms with Crippen molar-refractivity contribution in [2.45, 2.75) is 38.3 Å². The monoisotopic (exact) mass is 299 g/mol. The van der Waals surface area contributed by atoms with Gasteiger partial charge in [0, 0.05) is 39.3 Å². The Balaban J connectivity index is 1.68. The van der Waals surface area contributed by atoms with Crippen molar-refractivity contribution in [2.75, 3.05) is 39.3 Å². The zero-order chi connectivity index (χ0) is 15.2. The molecule has 0 spiro atoms. The largest absolute Gasteiger partial charge is 0.481 e. The van der Waals surface area contributed by atoms with E-state index >= 15 is 0 Å². The number of carboxylic acids is 1. The minimum Gasteiger partial charge on any atom is -0.481 e. The van der Waals surface area contributed by atoms with Crippen molar-refractivity contribution < 1.29 is 19.4 Å². The highest BCUT2D eigenvalue weighted by atomic mass is 16.5. The topological polar surface area (TPSA) is 82.1 Å². The van der Waals surface area contributed by atoms with Crippen molar-refractivity contribution in [3.63, 3.8) is 0 Å². The number of hydrogen-bond acceptors (Lipinski definition) is 4. The fraction of sp³-hybridized carbons (Fsp3) is 0.857. The Morgan fingerprint density at radius 2 is 2.05 bits per heavy atom. The maximum absolute atomic E-state index is 12.2. The third-order valence-corrected chi connectivity index (χ3v) is 4.18. The summed E-state index contributed by atoms with van der Waals surface area (Å²) in [4.78, 5) is 26.6. The molecule has 0 aromatic carbocycles. The molecule has 2 aliphatic heterocycles. The summed E-state index contributed by atoms with van der Waals surface area (Å²) in [5, 5.41) is 11.7. The molecule has 2 heterocycles. The average Bonchev–Trinajstić information content (AvgIpc) is 3.00. The van der Waals surface area contributed by atoms with Crippen molar-refractivity contribution in [3.8, 4) is 0 Å². The lowest BCUT2D eigenvalue weighted by Crippen LogP contribution is -2.54. The van der Waals surface area contributed by atoms with E-state index < -0.39 is 5.97 Å². The summed E-state index contributed by atoms with van der Waals surface area (Å²) < 4.78 is 5.58. The molecule has 120 valence electrons. The van der Waals surface area contributed by atoms with E-state index in [2.05, 4.69) is 10.2 Å². The van der Waals surface area contributed by atoms with E-state index in [0.717, 1.165) is 32.5 Å². The third kappa shape index (κ3) is 4.86. The summed E-state index contributed by atoms with van der Waals surface area (Å²) in [5.41, 5.74) is 0. The smallest absolute Gasteiger partial charge is 0.317 e. The van der Waals surface area contributed by atoms with Crippen molar-refractivity contribution in [1.82, 2.24) is 15.1 Å². The first-order valence-electron chi connectivity index (χ1n) is 7.67. The van der Waals surface area contributed by atoms with Crippen molar-refractivity contribution in [3.05, 3.63) is 0 Å². The van der Waals surface area contributed by atoms with E-state index in [4.69, 9.17) is 9.84 Å². The highest BCUT2D eigenvalue weighted by molar-refractivity contribution is 5.74. The summed E-state index contributed by atoms with van der Waals surface area (Å²) in [6, 6.07) is -0.0130. The quantitative estimate of drug-likeness (QED) is 0.766. The molecule has 2 fully saturated rings. The zero-order valence-corrected chi connectivity index (χ0v) is 12.6. The van der Waals surface area contributed by atoms with Crippen LogP contribution >= 0.6 is 0 Å². The first kappa shape index (κ1) is 16.0. The number of urea groups is 1. The van der Waals surface area contributed by atoms with Crippen LogP contribution < -0.4 is 5.32 Å². The van der Waals surface area contributed by atoms with Crippen molar-refractivity contribution in [1.29, 1.82) is 0 Å². The van der Waals surface area contributed by atoms with Gasteiger partial charge in [-0.05, 0) is 19.8 Å². The van der Waals surface area contributed by atoms with E-state index in [9.17, 15) is 9.59 Å². The SMILES string of the molecule is CC(NC(=O)N1CCN(CCC(=O)O)CC1)C1CCCO1. The predicted octanol–water partition coefficient (Wildman–Crippen LogP) is 0.356. The van der Waals surface area contributed by atoms with Gasteiger partial charge in [-0.1, -0.05) is 0 Å². The first-order chi connectivity index (χ1) is 10.1. The molecule has 0 aromatic rings. The van der Waals surface area contributed by atoms with Crippen LogP contribution in [-0.2, 0) is 9.53 Å². The van der Waals surface area contributed by atoms with Gasteiger partial charge in [0.2, 0.25) is 0 Å². The average molecular weight is 299 g/mol. The molecule has 2 rings (SSSR count). The molecule has 7 heteroatoms. The Morgan fingerprint density at radius 1 is 1.33 bits per heavy atom. The molecule has 0 aliphatic carbocycles. The third-order valence-electron chi connectivity index (χ3n) is 4.18. The number of aliphatic carboxylic acids is 1. The molecular formula is C14H25N3O4. The molecule has 2 N–H and O–H groups in total. The van der Waals surface area contributed by atoms with Crippen molar-refractivity contribution >= 4 is 12.0 Å². The molecule has 0 aromatic heterocycles. The van der Waals surface area contributed by atoms with Crippen LogP contribution in [0.5, 0.6) is 0 Å². The zero-order valence-electron chi connectivity index (χ0n) is 12.6. The first-order valence-corrected chi connectivity index (χ1v) is 7.67. The van der Waals surface area contributed by atoms with Gasteiger partial charge >= 0.3 is 12.0 Å². The van der Waals surface area contributed by atoms with Crippen molar-refractivity contribution in [2.24, 2.45) is 0 Å². The summed E-state index contributed by atoms with van der Waals surface area (Å²) in [7, 11) is 0. The number of carboxylic acid groups (broad SMARTS) is 1. The fourth-order valence-corrected chi connectivity index (χ4v) is 2.80. The van der Waals surface area contributed by atoms with Gasteiger partial charge in [-0.15, -0.1) is 0 Å². The molecule has 0 radical (unpaired) electrons. The number of nitrogens with one attached hydrogen (secondary N) is 1. The Bertz CT molecular complexity index is 363. The van der Waals surface area contributed by atoms with Crippen LogP contribution in [-0.4, -0.2) is 78.4 Å². The second-order valence-corrected chi connectivity index (χ2v) is 5.76. The second kappa shape index (κ2) is 7.61. The Morgan fingerprint density at radius 3 is 2.62 bits per heavy atom. The van der Waals surface area contributed by atoms with Gasteiger partial charge in [0.05, 0.1) is 18.6 Å². The van der Waals surface area contributed by atoms with Gasteiger partial charge in [-0.3, -0.25) is 9.69 Å². The maximum Gasteiger partial charge on any atom is 0.317 e. The summed E-state index contributed by atoms with van der Waals surface area (Å²) in [6.07, 6.45) is 2.35. The van der Waals surface area contributed by atoms with Crippen LogP contribution in [0.1, 0.15) is 26.2 Å². The van der Waals surface area contributed by atoms with Gasteiger partial charge in [0.1, 0.15) is 0 Å². The number of amides is 2. The minimum atomic E-state index is -0.777. The second-order valence-electron chi connectivity index (χ2n) is 5.76. The molecule has 2 amide bonds. The van der Waals surface area contributed by atoms with Crippen LogP contribution in [0.15, 0.2) is 0 Å². The molecule has 2 atom stereocenters. The lowest BCUT2D eigenvalue weighted by atomic mass is 10.1. The normalized spacial score (nSPS) is 24.8. The van der Waals surface area contributed by atoms with Crippen LogP contribution in [0, 0.1) is 0 Å². The van der Waals surface area contributed by atoms with Crippen LogP contribution in [0.25, 0.3) is 0 Å². The molecule has 2 unspecified atom stereocenters. The predicted molar refractivity (Wildman–Crippen MR) is 77.2 cm³/mol. The lowest BCUT2D eigenvalue weighted by molar-refractivity contribution is -0.137. The molecule has 7 nitrogen and oxygen atoms in total. The number of nitrogens with zero attached hydrogens (tertiary/aromatic N) is 2. The molecule has 0 bridgehead atoms. The van der Waals surface area contributed by atoms with E-state index in [1.165, 1.54) is 0 Å². The fourth-order valence-electron chi connectivity index (χ4n) is 2.80. The van der Waals surface area contributed by atoms with Gasteiger partial charge in [0.15, 0.2) is 0 Å². The number of ether oxygens (including phenoxy) is 1. The Labute approximate surface area is 125 Å². The number of carbonyl (C=O) groups is 2. The lowest BCUT2D eigenvalue weighted by Gasteiger charge is -2.35. The van der Waals surface area contributed by atoms with E-state index in [-0.39, 0.29) is 24.6 Å². The van der Waals surface area contributed by atoms with E-state index in [1.54, 1.807) is 4.90 Å². The number of carbonyl (C=O) groups excluding carboxylic acids is 1. The number of piperazine rings is 1. The molecular weight excluding hydrogens is 274 g/mol. The van der Waals surface area contributed by atoms with Gasteiger partial charge in [-0.2, -0.15) is 0 Å². The summed E-state index contributed by atoms with van der Waals surface area (Å²) >= 11 is 0. The van der Waals surface area contributed by atoms with Crippen LogP contribution in [0.2, 0.25) is 0 Å². The number of rotatable bonds is 5. The van der Waals surface area contributed by atoms with Crippen LogP contribution in [0.4, 0.5) is 4.79 Å². The highest BCUT2D eigenvalue weighted by Gasteiger charge is 2.27. The summed E-state index contributed by atoms with van der Waals surface area (Å²) in [5.74, 6) is -0.777. The van der Waals surface area contributed by atoms with Gasteiger partial charge in [-0.25, -0.2) is 4.79 Å². The van der Waals surface area contributed by atoms with Gasteiger partial charge in [0.25, 0.3) is 0 Å². The van der Waals surface area contributed by atoms with Crippen LogP contribution in [0.3, 0.4) is 0 Å². The van der Waals surface area contributed by atoms with Gasteiger partial charge < -0.3 is 20.1 Å². The number of hydrogen-bond donors (Lipinski definition) is 2. The Kier molecular flexibility index (Phi) is 5.81. The Hall–Kier alpha value is -1.34. The molecule has 2 saturated heterocycles.